The topological polar surface area (TPSA) is 155 Å². The van der Waals surface area contributed by atoms with Crippen LogP contribution in [0.2, 0.25) is 0 Å². The number of rotatable bonds is 9. The lowest BCUT2D eigenvalue weighted by Gasteiger charge is -2.27. The van der Waals surface area contributed by atoms with E-state index in [0.29, 0.717) is 0 Å². The second kappa shape index (κ2) is 11.0. The maximum Gasteiger partial charge on any atom is 0.408 e. The molecule has 0 unspecified atom stereocenters. The third kappa shape index (κ3) is 7.50. The molecule has 3 atom stereocenters. The van der Waals surface area contributed by atoms with Crippen molar-refractivity contribution >= 4 is 34.7 Å². The first-order valence-corrected chi connectivity index (χ1v) is 11.2. The number of hydrogen-bond acceptors (Lipinski definition) is 5. The molecule has 2 aromatic rings. The molecule has 1 aromatic carbocycles. The first-order chi connectivity index (χ1) is 15.8. The van der Waals surface area contributed by atoms with Gasteiger partial charge in [0.2, 0.25) is 17.7 Å². The Kier molecular flexibility index (Phi) is 8.67. The normalized spacial score (nSPS) is 14.2. The van der Waals surface area contributed by atoms with E-state index in [1.54, 1.807) is 40.8 Å². The number of aromatic amines is 1. The first-order valence-electron chi connectivity index (χ1n) is 11.2. The molecule has 6 N–H and O–H groups in total. The van der Waals surface area contributed by atoms with Gasteiger partial charge in [-0.05, 0) is 45.2 Å². The zero-order chi connectivity index (χ0) is 25.6. The number of amides is 4. The van der Waals surface area contributed by atoms with E-state index in [0.717, 1.165) is 16.5 Å². The number of nitrogens with two attached hydrogens (primary N) is 1. The Bertz CT molecular complexity index is 1040. The molecule has 34 heavy (non-hydrogen) atoms. The molecule has 0 saturated heterocycles. The van der Waals surface area contributed by atoms with Gasteiger partial charge in [-0.25, -0.2) is 4.79 Å². The summed E-state index contributed by atoms with van der Waals surface area (Å²) >= 11 is 0. The summed E-state index contributed by atoms with van der Waals surface area (Å²) < 4.78 is 5.34. The number of primary amides is 1. The molecule has 0 aliphatic carbocycles. The molecule has 0 bridgehead atoms. The number of H-pyrrole nitrogens is 1. The summed E-state index contributed by atoms with van der Waals surface area (Å²) in [6.45, 7) is 10.1. The van der Waals surface area contributed by atoms with Gasteiger partial charge in [0.1, 0.15) is 23.7 Å². The van der Waals surface area contributed by atoms with Crippen LogP contribution >= 0.6 is 0 Å². The highest BCUT2D eigenvalue weighted by molar-refractivity contribution is 5.94. The van der Waals surface area contributed by atoms with Crippen molar-refractivity contribution in [2.75, 3.05) is 0 Å². The molecule has 1 aromatic heterocycles. The Morgan fingerprint density at radius 1 is 1.00 bits per heavy atom. The second-order valence-corrected chi connectivity index (χ2v) is 9.63. The van der Waals surface area contributed by atoms with Gasteiger partial charge in [0.05, 0.1) is 0 Å². The molecule has 10 heteroatoms. The fraction of sp³-hybridized carbons (Fsp3) is 0.500. The lowest BCUT2D eigenvalue weighted by molar-refractivity contribution is -0.132. The molecule has 2 rings (SSSR count). The van der Waals surface area contributed by atoms with Gasteiger partial charge in [-0.3, -0.25) is 14.4 Å². The van der Waals surface area contributed by atoms with E-state index in [1.165, 1.54) is 6.92 Å². The zero-order valence-electron chi connectivity index (χ0n) is 20.5. The molecular formula is C24H35N5O5. The van der Waals surface area contributed by atoms with Gasteiger partial charge in [-0.1, -0.05) is 32.0 Å². The van der Waals surface area contributed by atoms with Crippen LogP contribution in [0.25, 0.3) is 10.9 Å². The van der Waals surface area contributed by atoms with Crippen LogP contribution < -0.4 is 21.7 Å². The average molecular weight is 474 g/mol. The summed E-state index contributed by atoms with van der Waals surface area (Å²) in [6.07, 6.45) is 1.20. The number of fused-ring (bicyclic) bond motifs is 1. The standard InChI is InChI=1S/C24H35N5O5/c1-13(2)19(22(32)27-14(3)20(25)30)29-21(31)18(28-23(33)34-24(4,5)6)11-15-12-26-17-10-8-7-9-16(15)17/h7-10,12-14,18-19,26H,11H2,1-6H3,(H2,25,30)(H,27,32)(H,28,33)(H,29,31)/t14-,18+,19-/m0/s1. The van der Waals surface area contributed by atoms with E-state index in [-0.39, 0.29) is 12.3 Å². The number of alkyl carbamates (subject to hydrolysis) is 1. The van der Waals surface area contributed by atoms with Crippen molar-refractivity contribution < 1.29 is 23.9 Å². The molecule has 0 saturated carbocycles. The van der Waals surface area contributed by atoms with Crippen molar-refractivity contribution in [3.05, 3.63) is 36.0 Å². The van der Waals surface area contributed by atoms with Crippen molar-refractivity contribution in [1.29, 1.82) is 0 Å². The quantitative estimate of drug-likeness (QED) is 0.375. The predicted molar refractivity (Wildman–Crippen MR) is 129 cm³/mol. The highest BCUT2D eigenvalue weighted by Gasteiger charge is 2.31. The van der Waals surface area contributed by atoms with Crippen LogP contribution in [0.1, 0.15) is 47.1 Å². The van der Waals surface area contributed by atoms with Gasteiger partial charge in [-0.2, -0.15) is 0 Å². The highest BCUT2D eigenvalue weighted by Crippen LogP contribution is 2.19. The number of para-hydroxylation sites is 1. The second-order valence-electron chi connectivity index (χ2n) is 9.63. The van der Waals surface area contributed by atoms with E-state index >= 15 is 0 Å². The van der Waals surface area contributed by atoms with E-state index in [9.17, 15) is 19.2 Å². The Balaban J connectivity index is 2.26. The van der Waals surface area contributed by atoms with Crippen LogP contribution in [0.15, 0.2) is 30.5 Å². The summed E-state index contributed by atoms with van der Waals surface area (Å²) in [5, 5.41) is 8.75. The van der Waals surface area contributed by atoms with Crippen molar-refractivity contribution in [2.45, 2.75) is 71.7 Å². The predicted octanol–water partition coefficient (Wildman–Crippen LogP) is 1.73. The summed E-state index contributed by atoms with van der Waals surface area (Å²) in [5.41, 5.74) is 6.19. The Hall–Kier alpha value is -3.56. The number of aromatic nitrogens is 1. The number of nitrogens with one attached hydrogen (secondary N) is 4. The Morgan fingerprint density at radius 3 is 2.24 bits per heavy atom. The molecule has 0 fully saturated rings. The smallest absolute Gasteiger partial charge is 0.408 e. The number of ether oxygens (including phenoxy) is 1. The van der Waals surface area contributed by atoms with Gasteiger partial charge in [-0.15, -0.1) is 0 Å². The van der Waals surface area contributed by atoms with Crippen LogP contribution in [0.4, 0.5) is 4.79 Å². The lowest BCUT2D eigenvalue weighted by Crippen LogP contribution is -2.58. The van der Waals surface area contributed by atoms with Crippen molar-refractivity contribution in [2.24, 2.45) is 11.7 Å². The fourth-order valence-electron chi connectivity index (χ4n) is 3.34. The SMILES string of the molecule is CC(C)[C@H](NC(=O)[C@@H](Cc1c[nH]c2ccccc12)NC(=O)OC(C)(C)C)C(=O)N[C@@H](C)C(N)=O. The first kappa shape index (κ1) is 26.7. The molecule has 10 nitrogen and oxygen atoms in total. The molecule has 0 aliphatic heterocycles. The molecule has 186 valence electrons. The Labute approximate surface area is 199 Å². The third-order valence-electron chi connectivity index (χ3n) is 5.14. The third-order valence-corrected chi connectivity index (χ3v) is 5.14. The van der Waals surface area contributed by atoms with Gasteiger partial charge >= 0.3 is 6.09 Å². The minimum Gasteiger partial charge on any atom is -0.444 e. The zero-order valence-corrected chi connectivity index (χ0v) is 20.5. The van der Waals surface area contributed by atoms with Gasteiger partial charge in [0.15, 0.2) is 0 Å². The van der Waals surface area contributed by atoms with Crippen LogP contribution in [-0.2, 0) is 25.5 Å². The highest BCUT2D eigenvalue weighted by atomic mass is 16.6. The van der Waals surface area contributed by atoms with Gasteiger partial charge < -0.3 is 31.4 Å². The monoisotopic (exact) mass is 473 g/mol. The van der Waals surface area contributed by atoms with E-state index in [1.807, 2.05) is 24.3 Å². The number of hydrogen-bond donors (Lipinski definition) is 5. The number of benzene rings is 1. The fourth-order valence-corrected chi connectivity index (χ4v) is 3.34. The van der Waals surface area contributed by atoms with E-state index in [2.05, 4.69) is 20.9 Å². The molecule has 1 heterocycles. The largest absolute Gasteiger partial charge is 0.444 e. The lowest BCUT2D eigenvalue weighted by atomic mass is 10.0. The summed E-state index contributed by atoms with van der Waals surface area (Å²) in [7, 11) is 0. The molecule has 0 aliphatic rings. The van der Waals surface area contributed by atoms with Crippen molar-refractivity contribution in [3.8, 4) is 0 Å². The van der Waals surface area contributed by atoms with Crippen LogP contribution in [-0.4, -0.2) is 52.5 Å². The van der Waals surface area contributed by atoms with Crippen molar-refractivity contribution in [1.82, 2.24) is 20.9 Å². The maximum absolute atomic E-state index is 13.3. The minimum absolute atomic E-state index is 0.166. The van der Waals surface area contributed by atoms with E-state index < -0.39 is 47.5 Å². The minimum atomic E-state index is -1.02. The average Bonchev–Trinajstić information content (AvgIpc) is 3.12. The Morgan fingerprint density at radius 2 is 1.65 bits per heavy atom. The summed E-state index contributed by atoms with van der Waals surface area (Å²) in [6, 6.07) is 4.75. The van der Waals surface area contributed by atoms with Gasteiger partial charge in [0.25, 0.3) is 0 Å². The van der Waals surface area contributed by atoms with Crippen LogP contribution in [0, 0.1) is 5.92 Å². The number of carbonyl (C=O) groups excluding carboxylic acids is 4. The molecule has 4 amide bonds. The number of carbonyl (C=O) groups is 4. The van der Waals surface area contributed by atoms with Crippen LogP contribution in [0.3, 0.4) is 0 Å². The van der Waals surface area contributed by atoms with Gasteiger partial charge in [0, 0.05) is 23.5 Å². The summed E-state index contributed by atoms with van der Waals surface area (Å²) in [4.78, 5) is 53.0. The van der Waals surface area contributed by atoms with Crippen LogP contribution in [0.5, 0.6) is 0 Å². The molecule has 0 radical (unpaired) electrons. The molecular weight excluding hydrogens is 438 g/mol. The van der Waals surface area contributed by atoms with Crippen molar-refractivity contribution in [3.63, 3.8) is 0 Å². The maximum atomic E-state index is 13.3. The van der Waals surface area contributed by atoms with E-state index in [4.69, 9.17) is 10.5 Å². The molecule has 0 spiro atoms. The summed E-state index contributed by atoms with van der Waals surface area (Å²) in [5.74, 6) is -2.08.